The Kier molecular flexibility index (Phi) is 3.86. The minimum atomic E-state index is -1.45. The number of nitriles is 1. The molecular weight excluding hydrogens is 347 g/mol. The van der Waals surface area contributed by atoms with Gasteiger partial charge in [-0.2, -0.15) is 5.26 Å². The molecule has 0 spiro atoms. The van der Waals surface area contributed by atoms with Crippen molar-refractivity contribution in [1.82, 2.24) is 14.4 Å². The number of fused-ring (bicyclic) bond motifs is 1. The van der Waals surface area contributed by atoms with Gasteiger partial charge >= 0.3 is 5.97 Å². The maximum atomic E-state index is 15.2. The number of hydrogen-bond donors (Lipinski definition) is 1. The van der Waals surface area contributed by atoms with Crippen molar-refractivity contribution in [3.63, 3.8) is 0 Å². The average molecular weight is 358 g/mol. The van der Waals surface area contributed by atoms with Gasteiger partial charge in [-0.25, -0.2) is 14.2 Å². The molecule has 0 unspecified atom stereocenters. The molecule has 0 fully saturated rings. The van der Waals surface area contributed by atoms with E-state index in [1.165, 1.54) is 6.20 Å². The highest BCUT2D eigenvalue weighted by atomic mass is 19.1. The molecule has 1 N–H and O–H groups in total. The molecule has 4 aromatic rings. The molecule has 27 heavy (non-hydrogen) atoms. The SMILES string of the molecule is N#Cc1cc(C(=O)O)c(F)c(-c2cn3ccnc3cn2)c1-c1ccccc1. The first-order chi connectivity index (χ1) is 13.1. The minimum absolute atomic E-state index is 0.0340. The molecule has 6 nitrogen and oxygen atoms in total. The Balaban J connectivity index is 2.13. The highest BCUT2D eigenvalue weighted by Gasteiger charge is 2.25. The molecule has 2 aromatic carbocycles. The molecule has 2 aromatic heterocycles. The molecule has 0 bridgehead atoms. The van der Waals surface area contributed by atoms with E-state index in [4.69, 9.17) is 0 Å². The Morgan fingerprint density at radius 2 is 1.96 bits per heavy atom. The van der Waals surface area contributed by atoms with Gasteiger partial charge in [-0.1, -0.05) is 30.3 Å². The maximum Gasteiger partial charge on any atom is 0.338 e. The Labute approximate surface area is 152 Å². The van der Waals surface area contributed by atoms with Crippen molar-refractivity contribution in [3.05, 3.63) is 78.1 Å². The van der Waals surface area contributed by atoms with Gasteiger partial charge < -0.3 is 9.51 Å². The third-order valence-electron chi connectivity index (χ3n) is 4.21. The molecule has 0 amide bonds. The van der Waals surface area contributed by atoms with E-state index >= 15 is 4.39 Å². The molecular formula is C20H11FN4O2. The molecule has 0 saturated carbocycles. The second-order valence-corrected chi connectivity index (χ2v) is 5.78. The standard InChI is InChI=1S/C20H11FN4O2/c21-19-14(20(26)27)8-13(9-22)17(12-4-2-1-3-5-12)18(19)15-11-25-7-6-23-16(25)10-24-15/h1-8,10-11H,(H,26,27). The lowest BCUT2D eigenvalue weighted by Crippen LogP contribution is -2.07. The van der Waals surface area contributed by atoms with Crippen LogP contribution in [0.3, 0.4) is 0 Å². The first-order valence-electron chi connectivity index (χ1n) is 7.94. The summed E-state index contributed by atoms with van der Waals surface area (Å²) in [4.78, 5) is 19.9. The Bertz CT molecular complexity index is 1230. The first-order valence-corrected chi connectivity index (χ1v) is 7.94. The molecule has 0 saturated heterocycles. The Hall–Kier alpha value is -4.05. The normalized spacial score (nSPS) is 10.7. The van der Waals surface area contributed by atoms with Crippen molar-refractivity contribution in [2.24, 2.45) is 0 Å². The summed E-state index contributed by atoms with van der Waals surface area (Å²) in [5.41, 5.74) is 1.11. The van der Waals surface area contributed by atoms with Crippen LogP contribution in [-0.4, -0.2) is 25.4 Å². The lowest BCUT2D eigenvalue weighted by molar-refractivity contribution is 0.0692. The molecule has 0 aliphatic rings. The lowest BCUT2D eigenvalue weighted by atomic mass is 9.90. The van der Waals surface area contributed by atoms with Gasteiger partial charge in [-0.05, 0) is 11.6 Å². The largest absolute Gasteiger partial charge is 0.478 e. The van der Waals surface area contributed by atoms with Gasteiger partial charge in [0.05, 0.1) is 29.1 Å². The molecule has 130 valence electrons. The molecule has 7 heteroatoms. The summed E-state index contributed by atoms with van der Waals surface area (Å²) in [6.45, 7) is 0. The zero-order chi connectivity index (χ0) is 19.0. The molecule has 2 heterocycles. The van der Waals surface area contributed by atoms with E-state index in [1.54, 1.807) is 53.3 Å². The summed E-state index contributed by atoms with van der Waals surface area (Å²) in [7, 11) is 0. The number of aromatic carboxylic acids is 1. The number of aromatic nitrogens is 3. The van der Waals surface area contributed by atoms with Crippen LogP contribution < -0.4 is 0 Å². The number of imidazole rings is 1. The second-order valence-electron chi connectivity index (χ2n) is 5.78. The predicted molar refractivity (Wildman–Crippen MR) is 95.5 cm³/mol. The quantitative estimate of drug-likeness (QED) is 0.602. The van der Waals surface area contributed by atoms with Crippen molar-refractivity contribution >= 4 is 11.6 Å². The van der Waals surface area contributed by atoms with Crippen molar-refractivity contribution in [1.29, 1.82) is 5.26 Å². The third-order valence-corrected chi connectivity index (χ3v) is 4.21. The average Bonchev–Trinajstić information content (AvgIpc) is 3.15. The van der Waals surface area contributed by atoms with Crippen LogP contribution in [0.4, 0.5) is 4.39 Å². The van der Waals surface area contributed by atoms with E-state index in [0.717, 1.165) is 6.07 Å². The first kappa shape index (κ1) is 16.4. The van der Waals surface area contributed by atoms with E-state index in [0.29, 0.717) is 16.8 Å². The van der Waals surface area contributed by atoms with Crippen molar-refractivity contribution in [3.8, 4) is 28.5 Å². The number of halogens is 1. The summed E-state index contributed by atoms with van der Waals surface area (Å²) >= 11 is 0. The zero-order valence-corrected chi connectivity index (χ0v) is 13.8. The topological polar surface area (TPSA) is 91.3 Å². The molecule has 4 rings (SSSR count). The van der Waals surface area contributed by atoms with Crippen LogP contribution in [0.2, 0.25) is 0 Å². The van der Waals surface area contributed by atoms with Crippen molar-refractivity contribution in [2.75, 3.05) is 0 Å². The molecule has 0 aliphatic carbocycles. The maximum absolute atomic E-state index is 15.2. The van der Waals surface area contributed by atoms with Gasteiger partial charge in [-0.3, -0.25) is 4.98 Å². The number of carboxylic acids is 1. The zero-order valence-electron chi connectivity index (χ0n) is 13.8. The van der Waals surface area contributed by atoms with Crippen LogP contribution in [0.15, 0.2) is 61.2 Å². The highest BCUT2D eigenvalue weighted by Crippen LogP contribution is 2.37. The monoisotopic (exact) mass is 358 g/mol. The van der Waals surface area contributed by atoms with E-state index in [2.05, 4.69) is 9.97 Å². The second kappa shape index (κ2) is 6.35. The lowest BCUT2D eigenvalue weighted by Gasteiger charge is -2.15. The van der Waals surface area contributed by atoms with E-state index in [9.17, 15) is 15.2 Å². The number of nitrogens with zero attached hydrogens (tertiary/aromatic N) is 4. The molecule has 0 aliphatic heterocycles. The third kappa shape index (κ3) is 2.69. The summed E-state index contributed by atoms with van der Waals surface area (Å²) in [5, 5.41) is 19.0. The van der Waals surface area contributed by atoms with Gasteiger partial charge in [-0.15, -0.1) is 0 Å². The van der Waals surface area contributed by atoms with Crippen LogP contribution in [0, 0.1) is 17.1 Å². The van der Waals surface area contributed by atoms with Crippen LogP contribution in [0.25, 0.3) is 28.0 Å². The minimum Gasteiger partial charge on any atom is -0.478 e. The predicted octanol–water partition coefficient (Wildman–Crippen LogP) is 3.77. The fraction of sp³-hybridized carbons (Fsp3) is 0. The van der Waals surface area contributed by atoms with Gasteiger partial charge in [0, 0.05) is 29.7 Å². The van der Waals surface area contributed by atoms with Gasteiger partial charge in [0.25, 0.3) is 0 Å². The fourth-order valence-electron chi connectivity index (χ4n) is 3.00. The van der Waals surface area contributed by atoms with Crippen molar-refractivity contribution < 1.29 is 14.3 Å². The van der Waals surface area contributed by atoms with E-state index in [-0.39, 0.29) is 16.8 Å². The van der Waals surface area contributed by atoms with Crippen LogP contribution in [-0.2, 0) is 0 Å². The summed E-state index contributed by atoms with van der Waals surface area (Å²) < 4.78 is 16.9. The Morgan fingerprint density at radius 1 is 1.19 bits per heavy atom. The number of hydrogen-bond acceptors (Lipinski definition) is 4. The van der Waals surface area contributed by atoms with Gasteiger partial charge in [0.1, 0.15) is 5.82 Å². The number of carbonyl (C=O) groups is 1. The van der Waals surface area contributed by atoms with Gasteiger partial charge in [0.2, 0.25) is 0 Å². The highest BCUT2D eigenvalue weighted by molar-refractivity contribution is 5.95. The van der Waals surface area contributed by atoms with Crippen molar-refractivity contribution in [2.45, 2.75) is 0 Å². The van der Waals surface area contributed by atoms with E-state index < -0.39 is 17.3 Å². The van der Waals surface area contributed by atoms with E-state index in [1.807, 2.05) is 6.07 Å². The van der Waals surface area contributed by atoms with Gasteiger partial charge in [0.15, 0.2) is 5.65 Å². The fourth-order valence-corrected chi connectivity index (χ4v) is 3.00. The molecule has 0 atom stereocenters. The smallest absolute Gasteiger partial charge is 0.338 e. The summed E-state index contributed by atoms with van der Waals surface area (Å²) in [6, 6.07) is 11.8. The van der Waals surface area contributed by atoms with Crippen LogP contribution in [0.5, 0.6) is 0 Å². The number of rotatable bonds is 3. The summed E-state index contributed by atoms with van der Waals surface area (Å²) in [6.07, 6.45) is 6.26. The number of benzene rings is 2. The van der Waals surface area contributed by atoms with Crippen LogP contribution >= 0.6 is 0 Å². The summed E-state index contributed by atoms with van der Waals surface area (Å²) in [5.74, 6) is -2.39. The Morgan fingerprint density at radius 3 is 2.67 bits per heavy atom. The molecule has 0 radical (unpaired) electrons. The number of carboxylic acid groups (broad SMARTS) is 1. The van der Waals surface area contributed by atoms with Crippen LogP contribution in [0.1, 0.15) is 15.9 Å².